The van der Waals surface area contributed by atoms with Crippen molar-refractivity contribution < 1.29 is 27.5 Å². The van der Waals surface area contributed by atoms with Crippen LogP contribution in [0.1, 0.15) is 55.2 Å². The van der Waals surface area contributed by atoms with E-state index in [2.05, 4.69) is 20.3 Å². The molecule has 9 nitrogen and oxygen atoms in total. The van der Waals surface area contributed by atoms with Crippen LogP contribution in [0.5, 0.6) is 5.75 Å². The fourth-order valence-electron chi connectivity index (χ4n) is 5.32. The molecule has 1 aliphatic carbocycles. The Morgan fingerprint density at radius 3 is 2.66 bits per heavy atom. The number of halogens is 1. The second kappa shape index (κ2) is 13.7. The summed E-state index contributed by atoms with van der Waals surface area (Å²) in [4.78, 5) is 29.1. The van der Waals surface area contributed by atoms with Crippen LogP contribution < -0.4 is 15.4 Å². The Hall–Kier alpha value is -3.83. The molecule has 3 atom stereocenters. The molecule has 1 aromatic heterocycles. The van der Waals surface area contributed by atoms with Crippen molar-refractivity contribution >= 4 is 21.8 Å². The Labute approximate surface area is 239 Å². The number of carbonyl (C=O) groups excluding carboxylic acids is 2. The number of aromatic hydroxyl groups is 1. The summed E-state index contributed by atoms with van der Waals surface area (Å²) in [6.45, 7) is 1.40. The third kappa shape index (κ3) is 8.11. The highest BCUT2D eigenvalue weighted by Crippen LogP contribution is 2.36. The lowest BCUT2D eigenvalue weighted by Crippen LogP contribution is -2.51. The average molecular weight is 583 g/mol. The number of phenols is 1. The molecule has 4 N–H and O–H groups in total. The van der Waals surface area contributed by atoms with Gasteiger partial charge in [0.25, 0.3) is 0 Å². The van der Waals surface area contributed by atoms with E-state index < -0.39 is 26.8 Å². The van der Waals surface area contributed by atoms with Crippen molar-refractivity contribution in [1.29, 1.82) is 0 Å². The van der Waals surface area contributed by atoms with Gasteiger partial charge in [0, 0.05) is 37.8 Å². The highest BCUT2D eigenvalue weighted by Gasteiger charge is 2.33. The maximum atomic E-state index is 13.9. The molecule has 11 heteroatoms. The quantitative estimate of drug-likeness (QED) is 0.242. The van der Waals surface area contributed by atoms with Crippen LogP contribution in [0.25, 0.3) is 0 Å². The van der Waals surface area contributed by atoms with Crippen LogP contribution >= 0.6 is 0 Å². The molecule has 0 saturated carbocycles. The molecule has 0 spiro atoms. The van der Waals surface area contributed by atoms with Crippen LogP contribution in [-0.2, 0) is 32.5 Å². The van der Waals surface area contributed by atoms with Gasteiger partial charge in [-0.05, 0) is 85.5 Å². The van der Waals surface area contributed by atoms with Gasteiger partial charge in [0.15, 0.2) is 0 Å². The lowest BCUT2D eigenvalue weighted by atomic mass is 9.76. The summed E-state index contributed by atoms with van der Waals surface area (Å²) in [6, 6.07) is 13.3. The number of unbranched alkanes of at least 4 members (excludes halogenated alkanes) is 1. The van der Waals surface area contributed by atoms with E-state index in [-0.39, 0.29) is 36.1 Å². The smallest absolute Gasteiger partial charge is 0.243 e. The highest BCUT2D eigenvalue weighted by molar-refractivity contribution is 7.89. The summed E-state index contributed by atoms with van der Waals surface area (Å²) in [5.74, 6) is -1.34. The number of rotatable bonds is 12. The maximum Gasteiger partial charge on any atom is 0.243 e. The number of aromatic nitrogens is 1. The number of pyridine rings is 1. The van der Waals surface area contributed by atoms with Gasteiger partial charge in [-0.3, -0.25) is 14.6 Å². The molecule has 218 valence electrons. The van der Waals surface area contributed by atoms with Crippen molar-refractivity contribution in [3.63, 3.8) is 0 Å². The molecule has 0 fully saturated rings. The lowest BCUT2D eigenvalue weighted by molar-refractivity contribution is -0.129. The van der Waals surface area contributed by atoms with Crippen LogP contribution in [0.4, 0.5) is 4.39 Å². The standard InChI is InChI=1S/C30H35FN4O5S/c1-20(36)34-28(9-4-5-16-33-41(39,40)29-10-3-2-8-26(29)31)30(38)35-27-14-11-22-18-23(37)12-13-24(22)25(27)17-21-7-6-15-32-19-21/h2-3,6-8,10,12-13,15,18-19,25,27-28,33,37H,4-5,9,11,14,16-17H2,1H3,(H,34,36)(H,35,38). The molecular weight excluding hydrogens is 547 g/mol. The van der Waals surface area contributed by atoms with Crippen molar-refractivity contribution in [3.05, 3.63) is 89.5 Å². The predicted octanol–water partition coefficient (Wildman–Crippen LogP) is 3.34. The number of carbonyl (C=O) groups is 2. The SMILES string of the molecule is CC(=O)NC(CCCCNS(=O)(=O)c1ccccc1F)C(=O)NC1CCc2cc(O)ccc2C1Cc1cccnc1. The molecule has 4 rings (SSSR count). The number of amides is 2. The van der Waals surface area contributed by atoms with E-state index in [1.165, 1.54) is 25.1 Å². The zero-order valence-electron chi connectivity index (χ0n) is 22.8. The minimum absolute atomic E-state index is 0.0572. The largest absolute Gasteiger partial charge is 0.508 e. The molecule has 3 unspecified atom stereocenters. The van der Waals surface area contributed by atoms with Crippen LogP contribution in [-0.4, -0.2) is 49.0 Å². The van der Waals surface area contributed by atoms with Gasteiger partial charge in [-0.2, -0.15) is 0 Å². The van der Waals surface area contributed by atoms with E-state index >= 15 is 0 Å². The molecule has 2 aromatic carbocycles. The molecule has 0 bridgehead atoms. The van der Waals surface area contributed by atoms with Gasteiger partial charge in [0.2, 0.25) is 21.8 Å². The molecule has 2 amide bonds. The number of nitrogens with zero attached hydrogens (tertiary/aromatic N) is 1. The summed E-state index contributed by atoms with van der Waals surface area (Å²) in [5.41, 5.74) is 3.12. The summed E-state index contributed by atoms with van der Waals surface area (Å²) in [5, 5.41) is 15.9. The van der Waals surface area contributed by atoms with Gasteiger partial charge in [-0.25, -0.2) is 17.5 Å². The Morgan fingerprint density at radius 1 is 1.12 bits per heavy atom. The van der Waals surface area contributed by atoms with Crippen molar-refractivity contribution in [2.45, 2.75) is 68.3 Å². The molecule has 0 radical (unpaired) electrons. The second-order valence-electron chi connectivity index (χ2n) is 10.3. The molecular formula is C30H35FN4O5S. The van der Waals surface area contributed by atoms with Gasteiger partial charge in [-0.15, -0.1) is 0 Å². The number of benzene rings is 2. The average Bonchev–Trinajstić information content (AvgIpc) is 2.93. The van der Waals surface area contributed by atoms with Gasteiger partial charge < -0.3 is 15.7 Å². The first kappa shape index (κ1) is 30.1. The number of fused-ring (bicyclic) bond motifs is 1. The molecule has 0 saturated heterocycles. The minimum atomic E-state index is -4.00. The Kier molecular flexibility index (Phi) is 10.1. The van der Waals surface area contributed by atoms with E-state index in [9.17, 15) is 27.5 Å². The molecule has 41 heavy (non-hydrogen) atoms. The number of nitrogens with one attached hydrogen (secondary N) is 3. The number of hydrogen-bond donors (Lipinski definition) is 4. The summed E-state index contributed by atoms with van der Waals surface area (Å²) < 4.78 is 41.1. The maximum absolute atomic E-state index is 13.9. The lowest BCUT2D eigenvalue weighted by Gasteiger charge is -2.35. The second-order valence-corrected chi connectivity index (χ2v) is 12.0. The number of phenolic OH excluding ortho intramolecular Hbond substituents is 1. The topological polar surface area (TPSA) is 137 Å². The highest BCUT2D eigenvalue weighted by atomic mass is 32.2. The Bertz CT molecular complexity index is 1470. The molecule has 0 aliphatic heterocycles. The number of hydrogen-bond acceptors (Lipinski definition) is 6. The summed E-state index contributed by atoms with van der Waals surface area (Å²) >= 11 is 0. The van der Waals surface area contributed by atoms with Crippen LogP contribution in [0, 0.1) is 5.82 Å². The van der Waals surface area contributed by atoms with E-state index in [1.54, 1.807) is 24.5 Å². The zero-order valence-corrected chi connectivity index (χ0v) is 23.7. The normalized spacial score (nSPS) is 17.3. The predicted molar refractivity (Wildman–Crippen MR) is 152 cm³/mol. The minimum Gasteiger partial charge on any atom is -0.508 e. The third-order valence-corrected chi connectivity index (χ3v) is 8.77. The van der Waals surface area contributed by atoms with Crippen LogP contribution in [0.3, 0.4) is 0 Å². The molecule has 1 heterocycles. The number of aryl methyl sites for hydroxylation is 1. The van der Waals surface area contributed by atoms with Crippen molar-refractivity contribution in [3.8, 4) is 5.75 Å². The monoisotopic (exact) mass is 582 g/mol. The van der Waals surface area contributed by atoms with Crippen molar-refractivity contribution in [2.75, 3.05) is 6.54 Å². The van der Waals surface area contributed by atoms with Crippen molar-refractivity contribution in [2.24, 2.45) is 0 Å². The fraction of sp³-hybridized carbons (Fsp3) is 0.367. The summed E-state index contributed by atoms with van der Waals surface area (Å²) in [6.07, 6.45) is 6.64. The van der Waals surface area contributed by atoms with Gasteiger partial charge in [0.05, 0.1) is 0 Å². The van der Waals surface area contributed by atoms with Crippen LogP contribution in [0.2, 0.25) is 0 Å². The first-order valence-electron chi connectivity index (χ1n) is 13.7. The molecule has 1 aliphatic rings. The third-order valence-electron chi connectivity index (χ3n) is 7.27. The first-order chi connectivity index (χ1) is 19.6. The van der Waals surface area contributed by atoms with E-state index in [0.29, 0.717) is 38.5 Å². The van der Waals surface area contributed by atoms with Gasteiger partial charge in [0.1, 0.15) is 22.5 Å². The first-order valence-corrected chi connectivity index (χ1v) is 15.1. The summed E-state index contributed by atoms with van der Waals surface area (Å²) in [7, 11) is -4.00. The van der Waals surface area contributed by atoms with Crippen LogP contribution in [0.15, 0.2) is 71.9 Å². The Morgan fingerprint density at radius 2 is 1.93 bits per heavy atom. The van der Waals surface area contributed by atoms with Crippen molar-refractivity contribution in [1.82, 2.24) is 20.3 Å². The van der Waals surface area contributed by atoms with Gasteiger partial charge in [-0.1, -0.05) is 24.3 Å². The number of sulfonamides is 1. The van der Waals surface area contributed by atoms with Gasteiger partial charge >= 0.3 is 0 Å². The zero-order chi connectivity index (χ0) is 29.4. The van der Waals surface area contributed by atoms with E-state index in [0.717, 1.165) is 22.8 Å². The Balaban J connectivity index is 1.39. The van der Waals surface area contributed by atoms with E-state index in [1.807, 2.05) is 18.2 Å². The molecule has 3 aromatic rings. The fourth-order valence-corrected chi connectivity index (χ4v) is 6.47. The van der Waals surface area contributed by atoms with E-state index in [4.69, 9.17) is 0 Å².